The lowest BCUT2D eigenvalue weighted by Crippen LogP contribution is -2.52. The molecule has 4 rings (SSSR count). The Bertz CT molecular complexity index is 918. The minimum absolute atomic E-state index is 0.0250. The number of hydrogen-bond acceptors (Lipinski definition) is 4. The minimum atomic E-state index is -0.579. The molecule has 2 amide bonds. The number of aryl methyl sites for hydroxylation is 1. The zero-order valence-corrected chi connectivity index (χ0v) is 17.4. The van der Waals surface area contributed by atoms with Crippen LogP contribution in [0.15, 0.2) is 30.3 Å². The van der Waals surface area contributed by atoms with Crippen molar-refractivity contribution in [2.24, 2.45) is 0 Å². The lowest BCUT2D eigenvalue weighted by Gasteiger charge is -2.32. The van der Waals surface area contributed by atoms with E-state index < -0.39 is 11.7 Å². The Morgan fingerprint density at radius 3 is 2.62 bits per heavy atom. The van der Waals surface area contributed by atoms with E-state index in [2.05, 4.69) is 21.0 Å². The number of aromatic nitrogens is 2. The minimum Gasteiger partial charge on any atom is -0.322 e. The first-order chi connectivity index (χ1) is 13.9. The second-order valence-corrected chi connectivity index (χ2v) is 8.54. The van der Waals surface area contributed by atoms with Crippen molar-refractivity contribution in [3.05, 3.63) is 46.6 Å². The van der Waals surface area contributed by atoms with Gasteiger partial charge in [0, 0.05) is 23.6 Å². The van der Waals surface area contributed by atoms with E-state index in [1.165, 1.54) is 0 Å². The molecule has 1 saturated carbocycles. The van der Waals surface area contributed by atoms with Crippen LogP contribution in [0.25, 0.3) is 0 Å². The summed E-state index contributed by atoms with van der Waals surface area (Å²) in [6.07, 6.45) is 3.52. The molecule has 2 fully saturated rings. The molecular weight excluding hydrogens is 390 g/mol. The number of carbonyl (C=O) groups is 2. The van der Waals surface area contributed by atoms with Crippen molar-refractivity contribution < 1.29 is 9.59 Å². The number of rotatable bonds is 4. The predicted octanol–water partition coefficient (Wildman–Crippen LogP) is 3.25. The molecule has 29 heavy (non-hydrogen) atoms. The molecule has 8 heteroatoms. The molecule has 1 aliphatic heterocycles. The molecule has 3 N–H and O–H groups in total. The maximum atomic E-state index is 13.5. The lowest BCUT2D eigenvalue weighted by molar-refractivity contribution is -0.125. The van der Waals surface area contributed by atoms with Gasteiger partial charge in [0.25, 0.3) is 0 Å². The average Bonchev–Trinajstić information content (AvgIpc) is 3.29. The number of anilines is 1. The van der Waals surface area contributed by atoms with Gasteiger partial charge >= 0.3 is 0 Å². The highest BCUT2D eigenvalue weighted by molar-refractivity contribution is 6.30. The van der Waals surface area contributed by atoms with Gasteiger partial charge in [-0.2, -0.15) is 5.10 Å². The molecule has 1 aromatic heterocycles. The zero-order chi connectivity index (χ0) is 20.6. The molecule has 7 nitrogen and oxygen atoms in total. The highest BCUT2D eigenvalue weighted by Gasteiger charge is 2.43. The first-order valence-corrected chi connectivity index (χ1v) is 10.4. The van der Waals surface area contributed by atoms with Crippen LogP contribution in [0.5, 0.6) is 0 Å². The van der Waals surface area contributed by atoms with Gasteiger partial charge in [0.15, 0.2) is 6.29 Å². The number of amides is 2. The van der Waals surface area contributed by atoms with Crippen LogP contribution in [0.1, 0.15) is 56.6 Å². The van der Waals surface area contributed by atoms with Crippen molar-refractivity contribution in [1.29, 1.82) is 0 Å². The van der Waals surface area contributed by atoms with Crippen LogP contribution < -0.4 is 16.0 Å². The fourth-order valence-corrected chi connectivity index (χ4v) is 4.55. The fraction of sp³-hybridized carbons (Fsp3) is 0.476. The topological polar surface area (TPSA) is 88.0 Å². The van der Waals surface area contributed by atoms with E-state index in [9.17, 15) is 9.59 Å². The number of halogens is 1. The van der Waals surface area contributed by atoms with Gasteiger partial charge in [0.05, 0.1) is 11.1 Å². The quantitative estimate of drug-likeness (QED) is 0.715. The van der Waals surface area contributed by atoms with Crippen LogP contribution in [-0.2, 0) is 15.0 Å². The fourth-order valence-electron chi connectivity index (χ4n) is 4.43. The Morgan fingerprint density at radius 2 is 1.97 bits per heavy atom. The number of nitrogens with one attached hydrogen (secondary N) is 3. The first-order valence-electron chi connectivity index (χ1n) is 10.1. The van der Waals surface area contributed by atoms with Crippen molar-refractivity contribution in [1.82, 2.24) is 20.4 Å². The van der Waals surface area contributed by atoms with Crippen LogP contribution in [0.3, 0.4) is 0 Å². The smallest absolute Gasteiger partial charge is 0.236 e. The Balaban J connectivity index is 1.62. The van der Waals surface area contributed by atoms with E-state index in [1.54, 1.807) is 4.68 Å². The maximum Gasteiger partial charge on any atom is 0.236 e. The molecule has 0 spiro atoms. The molecule has 0 radical (unpaired) electrons. The maximum absolute atomic E-state index is 13.5. The zero-order valence-electron chi connectivity index (χ0n) is 16.7. The molecular formula is C21H26ClN5O2. The summed E-state index contributed by atoms with van der Waals surface area (Å²) in [7, 11) is 0. The van der Waals surface area contributed by atoms with E-state index in [1.807, 2.05) is 44.2 Å². The van der Waals surface area contributed by atoms with Crippen molar-refractivity contribution >= 4 is 29.2 Å². The van der Waals surface area contributed by atoms with Crippen LogP contribution in [-0.4, -0.2) is 27.6 Å². The molecule has 2 aliphatic rings. The molecule has 2 unspecified atom stereocenters. The Labute approximate surface area is 175 Å². The average molecular weight is 416 g/mol. The molecule has 1 saturated heterocycles. The third kappa shape index (κ3) is 3.89. The van der Waals surface area contributed by atoms with Gasteiger partial charge in [0.2, 0.25) is 11.8 Å². The molecule has 2 aromatic rings. The monoisotopic (exact) mass is 415 g/mol. The highest BCUT2D eigenvalue weighted by Crippen LogP contribution is 2.42. The van der Waals surface area contributed by atoms with Gasteiger partial charge in [-0.3, -0.25) is 14.9 Å². The number of hydrogen-bond donors (Lipinski definition) is 3. The Hall–Kier alpha value is -2.38. The van der Waals surface area contributed by atoms with Crippen LogP contribution in [0.2, 0.25) is 5.02 Å². The normalized spacial score (nSPS) is 23.6. The van der Waals surface area contributed by atoms with E-state index in [0.29, 0.717) is 17.3 Å². The third-order valence-electron chi connectivity index (χ3n) is 5.86. The lowest BCUT2D eigenvalue weighted by atomic mass is 9.78. The highest BCUT2D eigenvalue weighted by atomic mass is 35.5. The molecule has 2 atom stereocenters. The second kappa shape index (κ2) is 7.80. The SMILES string of the molecule is Cc1cc(NC(=O)C2(c3ccc(Cl)cc3)CCCC2)n(C2NC(=O)CC(C)N2)n1. The van der Waals surface area contributed by atoms with E-state index in [-0.39, 0.29) is 17.9 Å². The number of nitrogens with zero attached hydrogens (tertiary/aromatic N) is 2. The van der Waals surface area contributed by atoms with Gasteiger partial charge in [-0.05, 0) is 44.4 Å². The van der Waals surface area contributed by atoms with Crippen LogP contribution in [0, 0.1) is 6.92 Å². The van der Waals surface area contributed by atoms with Gasteiger partial charge in [-0.15, -0.1) is 0 Å². The summed E-state index contributed by atoms with van der Waals surface area (Å²) in [4.78, 5) is 25.5. The van der Waals surface area contributed by atoms with E-state index in [4.69, 9.17) is 11.6 Å². The number of benzene rings is 1. The van der Waals surface area contributed by atoms with Gasteiger partial charge in [-0.25, -0.2) is 4.68 Å². The summed E-state index contributed by atoms with van der Waals surface area (Å²) in [6, 6.07) is 9.41. The molecule has 154 valence electrons. The summed E-state index contributed by atoms with van der Waals surface area (Å²) in [5.41, 5.74) is 1.17. The second-order valence-electron chi connectivity index (χ2n) is 8.11. The van der Waals surface area contributed by atoms with Crippen molar-refractivity contribution in [3.63, 3.8) is 0 Å². The number of carbonyl (C=O) groups excluding carboxylic acids is 2. The summed E-state index contributed by atoms with van der Waals surface area (Å²) in [5.74, 6) is 0.480. The summed E-state index contributed by atoms with van der Waals surface area (Å²) >= 11 is 6.05. The standard InChI is InChI=1S/C21H26ClN5O2/c1-13-12-18(28)25-20(23-13)27-17(11-14(2)26-27)24-19(29)21(9-3-4-10-21)15-5-7-16(22)8-6-15/h5-8,11,13,20,23H,3-4,9-10,12H2,1-2H3,(H,24,29)(H,25,28). The van der Waals surface area contributed by atoms with Crippen molar-refractivity contribution in [2.45, 2.75) is 63.7 Å². The van der Waals surface area contributed by atoms with Crippen LogP contribution >= 0.6 is 11.6 Å². The summed E-state index contributed by atoms with van der Waals surface area (Å²) in [5, 5.41) is 14.4. The van der Waals surface area contributed by atoms with Gasteiger partial charge < -0.3 is 10.6 Å². The largest absolute Gasteiger partial charge is 0.322 e. The van der Waals surface area contributed by atoms with Gasteiger partial charge in [-0.1, -0.05) is 36.6 Å². The van der Waals surface area contributed by atoms with Crippen molar-refractivity contribution in [2.75, 3.05) is 5.32 Å². The van der Waals surface area contributed by atoms with Gasteiger partial charge in [0.1, 0.15) is 5.82 Å². The van der Waals surface area contributed by atoms with Crippen molar-refractivity contribution in [3.8, 4) is 0 Å². The molecule has 1 aromatic carbocycles. The molecule has 1 aliphatic carbocycles. The van der Waals surface area contributed by atoms with Crippen LogP contribution in [0.4, 0.5) is 5.82 Å². The first kappa shape index (κ1) is 19.9. The molecule has 0 bridgehead atoms. The summed E-state index contributed by atoms with van der Waals surface area (Å²) in [6.45, 7) is 3.82. The predicted molar refractivity (Wildman–Crippen MR) is 112 cm³/mol. The molecule has 2 heterocycles. The van der Waals surface area contributed by atoms with E-state index in [0.717, 1.165) is 36.9 Å². The third-order valence-corrected chi connectivity index (χ3v) is 6.12. The van der Waals surface area contributed by atoms with E-state index >= 15 is 0 Å². The summed E-state index contributed by atoms with van der Waals surface area (Å²) < 4.78 is 1.64. The Morgan fingerprint density at radius 1 is 1.28 bits per heavy atom. The Kier molecular flexibility index (Phi) is 5.36.